The summed E-state index contributed by atoms with van der Waals surface area (Å²) < 4.78 is 5.09. The van der Waals surface area contributed by atoms with E-state index < -0.39 is 12.0 Å². The predicted octanol–water partition coefficient (Wildman–Crippen LogP) is 0.933. The lowest BCUT2D eigenvalue weighted by Crippen LogP contribution is -2.32. The quantitative estimate of drug-likeness (QED) is 0.622. The zero-order chi connectivity index (χ0) is 15.9. The third-order valence-electron chi connectivity index (χ3n) is 3.18. The van der Waals surface area contributed by atoms with Crippen LogP contribution in [0.3, 0.4) is 0 Å². The van der Waals surface area contributed by atoms with Crippen LogP contribution < -0.4 is 5.32 Å². The molecule has 0 unspecified atom stereocenters. The fourth-order valence-electron chi connectivity index (χ4n) is 1.97. The summed E-state index contributed by atoms with van der Waals surface area (Å²) in [4.78, 5) is 35.3. The van der Waals surface area contributed by atoms with Crippen molar-refractivity contribution in [2.45, 2.75) is 19.4 Å². The Kier molecular flexibility index (Phi) is 5.09. The van der Waals surface area contributed by atoms with Gasteiger partial charge in [0.1, 0.15) is 6.61 Å². The van der Waals surface area contributed by atoms with Crippen molar-refractivity contribution in [2.24, 2.45) is 0 Å². The highest BCUT2D eigenvalue weighted by molar-refractivity contribution is 6.01. The maximum Gasteiger partial charge on any atom is 0.324 e. The molecule has 0 atom stereocenters. The number of carbonyl (C=O) groups excluding carboxylic acids is 3. The number of hydrogen-bond acceptors (Lipinski definition) is 5. The smallest absolute Gasteiger partial charge is 0.324 e. The first-order chi connectivity index (χ1) is 10.6. The Balaban J connectivity index is 1.68. The number of carbonyl (C=O) groups is 3. The molecule has 1 fully saturated rings. The largest absolute Gasteiger partial charge is 0.461 e. The predicted molar refractivity (Wildman–Crippen MR) is 75.3 cm³/mol. The summed E-state index contributed by atoms with van der Waals surface area (Å²) in [5, 5.41) is 11.1. The summed E-state index contributed by atoms with van der Waals surface area (Å²) in [7, 11) is 0. The van der Waals surface area contributed by atoms with Crippen molar-refractivity contribution in [3.8, 4) is 6.07 Å². The molecule has 0 saturated carbocycles. The van der Waals surface area contributed by atoms with Gasteiger partial charge in [-0.15, -0.1) is 0 Å². The molecule has 7 heteroatoms. The number of nitrogens with zero attached hydrogens (tertiary/aromatic N) is 2. The van der Waals surface area contributed by atoms with E-state index in [0.29, 0.717) is 12.0 Å². The van der Waals surface area contributed by atoms with Crippen LogP contribution >= 0.6 is 0 Å². The molecule has 2 rings (SSSR count). The second kappa shape index (κ2) is 7.22. The van der Waals surface area contributed by atoms with Crippen molar-refractivity contribution in [2.75, 3.05) is 13.1 Å². The van der Waals surface area contributed by atoms with Crippen LogP contribution in [0.25, 0.3) is 0 Å². The van der Waals surface area contributed by atoms with Crippen molar-refractivity contribution < 1.29 is 19.1 Å². The molecule has 22 heavy (non-hydrogen) atoms. The normalized spacial score (nSPS) is 13.7. The van der Waals surface area contributed by atoms with E-state index >= 15 is 0 Å². The molecule has 0 aromatic heterocycles. The third-order valence-corrected chi connectivity index (χ3v) is 3.18. The van der Waals surface area contributed by atoms with Gasteiger partial charge in [-0.05, 0) is 24.1 Å². The summed E-state index contributed by atoms with van der Waals surface area (Å²) in [6, 6.07) is 8.34. The average molecular weight is 301 g/mol. The van der Waals surface area contributed by atoms with Gasteiger partial charge in [-0.1, -0.05) is 12.1 Å². The number of urea groups is 1. The molecule has 1 aromatic rings. The van der Waals surface area contributed by atoms with Crippen LogP contribution in [0.15, 0.2) is 24.3 Å². The summed E-state index contributed by atoms with van der Waals surface area (Å²) in [6.45, 7) is 0.353. The molecule has 3 amide bonds. The number of esters is 1. The second-order valence-electron chi connectivity index (χ2n) is 4.78. The monoisotopic (exact) mass is 301 g/mol. The van der Waals surface area contributed by atoms with Gasteiger partial charge in [-0.2, -0.15) is 5.26 Å². The van der Waals surface area contributed by atoms with Crippen molar-refractivity contribution in [1.29, 1.82) is 5.26 Å². The molecule has 0 aliphatic carbocycles. The first-order valence-corrected chi connectivity index (χ1v) is 6.83. The van der Waals surface area contributed by atoms with E-state index in [9.17, 15) is 14.4 Å². The highest BCUT2D eigenvalue weighted by Crippen LogP contribution is 2.07. The standard InChI is InChI=1S/C15H15N3O4/c16-8-11-3-5-12(6-4-11)10-22-14(20)2-1-7-18-13(19)9-17-15(18)21/h3-6H,1-2,7,9-10H2,(H,17,21). The molecule has 1 N–H and O–H groups in total. The Hall–Kier alpha value is -2.88. The van der Waals surface area contributed by atoms with Crippen molar-refractivity contribution >= 4 is 17.9 Å². The molecule has 0 bridgehead atoms. The lowest BCUT2D eigenvalue weighted by molar-refractivity contribution is -0.145. The van der Waals surface area contributed by atoms with E-state index in [0.717, 1.165) is 10.5 Å². The number of benzene rings is 1. The zero-order valence-electron chi connectivity index (χ0n) is 11.9. The maximum absolute atomic E-state index is 11.6. The van der Waals surface area contributed by atoms with Gasteiger partial charge in [-0.25, -0.2) is 4.79 Å². The van der Waals surface area contributed by atoms with E-state index in [4.69, 9.17) is 10.00 Å². The van der Waals surface area contributed by atoms with Crippen LogP contribution in [0.1, 0.15) is 24.0 Å². The number of hydrogen-bond donors (Lipinski definition) is 1. The lowest BCUT2D eigenvalue weighted by atomic mass is 10.2. The van der Waals surface area contributed by atoms with Crippen LogP contribution in [0.2, 0.25) is 0 Å². The Morgan fingerprint density at radius 2 is 2.05 bits per heavy atom. The molecule has 0 spiro atoms. The Labute approximate surface area is 127 Å². The minimum atomic E-state index is -0.420. The Morgan fingerprint density at radius 1 is 1.32 bits per heavy atom. The van der Waals surface area contributed by atoms with E-state index in [2.05, 4.69) is 5.32 Å². The fourth-order valence-corrected chi connectivity index (χ4v) is 1.97. The van der Waals surface area contributed by atoms with Crippen LogP contribution in [-0.2, 0) is 20.9 Å². The molecular weight excluding hydrogens is 286 g/mol. The van der Waals surface area contributed by atoms with Crippen molar-refractivity contribution in [3.05, 3.63) is 35.4 Å². The van der Waals surface area contributed by atoms with Gasteiger partial charge in [-0.3, -0.25) is 14.5 Å². The SMILES string of the molecule is N#Cc1ccc(COC(=O)CCCN2C(=O)CNC2=O)cc1. The molecule has 7 nitrogen and oxygen atoms in total. The average Bonchev–Trinajstić information content (AvgIpc) is 2.85. The van der Waals surface area contributed by atoms with Gasteiger partial charge in [0.25, 0.3) is 0 Å². The Bertz CT molecular complexity index is 603. The van der Waals surface area contributed by atoms with Gasteiger partial charge in [0.15, 0.2) is 0 Å². The van der Waals surface area contributed by atoms with Gasteiger partial charge in [0.05, 0.1) is 18.2 Å². The van der Waals surface area contributed by atoms with Gasteiger partial charge < -0.3 is 10.1 Å². The number of amides is 3. The van der Waals surface area contributed by atoms with E-state index in [-0.39, 0.29) is 32.0 Å². The number of imide groups is 1. The molecule has 1 aliphatic heterocycles. The van der Waals surface area contributed by atoms with Gasteiger partial charge in [0, 0.05) is 13.0 Å². The van der Waals surface area contributed by atoms with Crippen LogP contribution in [0, 0.1) is 11.3 Å². The number of ether oxygens (including phenoxy) is 1. The molecule has 114 valence electrons. The summed E-state index contributed by atoms with van der Waals surface area (Å²) >= 11 is 0. The van der Waals surface area contributed by atoms with Crippen LogP contribution in [-0.4, -0.2) is 35.9 Å². The fraction of sp³-hybridized carbons (Fsp3) is 0.333. The lowest BCUT2D eigenvalue weighted by Gasteiger charge is -2.11. The minimum Gasteiger partial charge on any atom is -0.461 e. The van der Waals surface area contributed by atoms with Crippen LogP contribution in [0.5, 0.6) is 0 Å². The van der Waals surface area contributed by atoms with E-state index in [1.54, 1.807) is 24.3 Å². The second-order valence-corrected chi connectivity index (χ2v) is 4.78. The summed E-state index contributed by atoms with van der Waals surface area (Å²) in [5.74, 6) is -0.674. The molecule has 1 aromatic carbocycles. The number of rotatable bonds is 6. The highest BCUT2D eigenvalue weighted by Gasteiger charge is 2.27. The zero-order valence-corrected chi connectivity index (χ0v) is 11.9. The number of nitriles is 1. The first-order valence-electron chi connectivity index (χ1n) is 6.83. The third kappa shape index (κ3) is 4.06. The first kappa shape index (κ1) is 15.5. The molecule has 0 radical (unpaired) electrons. The summed E-state index contributed by atoms with van der Waals surface area (Å²) in [5.41, 5.74) is 1.34. The molecular formula is C15H15N3O4. The topological polar surface area (TPSA) is 99.5 Å². The highest BCUT2D eigenvalue weighted by atomic mass is 16.5. The minimum absolute atomic E-state index is 0.0158. The molecule has 1 aliphatic rings. The van der Waals surface area contributed by atoms with Gasteiger partial charge in [0.2, 0.25) is 5.91 Å². The Morgan fingerprint density at radius 3 is 2.64 bits per heavy atom. The van der Waals surface area contributed by atoms with E-state index in [1.165, 1.54) is 0 Å². The van der Waals surface area contributed by atoms with Crippen LogP contribution in [0.4, 0.5) is 4.79 Å². The molecule has 1 saturated heterocycles. The maximum atomic E-state index is 11.6. The molecule has 1 heterocycles. The van der Waals surface area contributed by atoms with E-state index in [1.807, 2.05) is 6.07 Å². The van der Waals surface area contributed by atoms with Gasteiger partial charge >= 0.3 is 12.0 Å². The van der Waals surface area contributed by atoms with Crippen molar-refractivity contribution in [3.63, 3.8) is 0 Å². The van der Waals surface area contributed by atoms with Crippen molar-refractivity contribution in [1.82, 2.24) is 10.2 Å². The number of nitrogens with one attached hydrogen (secondary N) is 1. The summed E-state index contributed by atoms with van der Waals surface area (Å²) in [6.07, 6.45) is 0.499.